The summed E-state index contributed by atoms with van der Waals surface area (Å²) in [5.74, 6) is -0.268. The Morgan fingerprint density at radius 3 is 2.64 bits per heavy atom. The van der Waals surface area contributed by atoms with Crippen molar-refractivity contribution in [2.24, 2.45) is 0 Å². The van der Waals surface area contributed by atoms with Crippen LogP contribution in [-0.4, -0.2) is 9.38 Å². The molecule has 0 aliphatic carbocycles. The molecule has 0 aliphatic rings. The van der Waals surface area contributed by atoms with Crippen molar-refractivity contribution >= 4 is 27.3 Å². The molecule has 0 amide bonds. The minimum atomic E-state index is -0.268. The normalized spacial score (nSPS) is 11.3. The first-order chi connectivity index (χ1) is 10.1. The first-order valence-corrected chi connectivity index (χ1v) is 6.94. The Labute approximate surface area is 141 Å². The zero-order valence-corrected chi connectivity index (χ0v) is 14.9. The first kappa shape index (κ1) is 15.1. The van der Waals surface area contributed by atoms with Crippen LogP contribution >= 0.6 is 0 Å². The van der Waals surface area contributed by atoms with Gasteiger partial charge in [0.15, 0.2) is 0 Å². The molecule has 0 fully saturated rings. The van der Waals surface area contributed by atoms with Gasteiger partial charge in [-0.05, 0) is 31.7 Å². The van der Waals surface area contributed by atoms with Crippen molar-refractivity contribution in [2.45, 2.75) is 20.8 Å². The van der Waals surface area contributed by atoms with Crippen LogP contribution < -0.4 is 0 Å². The Morgan fingerprint density at radius 1 is 1.09 bits per heavy atom. The van der Waals surface area contributed by atoms with Crippen LogP contribution in [0.3, 0.4) is 0 Å². The van der Waals surface area contributed by atoms with E-state index >= 15 is 0 Å². The molecule has 2 heterocycles. The summed E-state index contributed by atoms with van der Waals surface area (Å²) in [5.41, 5.74) is 5.34. The summed E-state index contributed by atoms with van der Waals surface area (Å²) in [6.45, 7) is 6.18. The molecule has 2 aromatic carbocycles. The van der Waals surface area contributed by atoms with Gasteiger partial charge in [0.05, 0.1) is 5.65 Å². The third kappa shape index (κ3) is 1.98. The van der Waals surface area contributed by atoms with Gasteiger partial charge in [0.25, 0.3) is 0 Å². The van der Waals surface area contributed by atoms with E-state index in [0.717, 1.165) is 33.0 Å². The van der Waals surface area contributed by atoms with Gasteiger partial charge in [0.2, 0.25) is 0 Å². The number of benzene rings is 2. The van der Waals surface area contributed by atoms with Gasteiger partial charge in [-0.2, -0.15) is 0 Å². The van der Waals surface area contributed by atoms with Crippen LogP contribution in [0.25, 0.3) is 27.3 Å². The minimum absolute atomic E-state index is 0. The number of aromatic nitrogens is 2. The predicted octanol–water partition coefficient (Wildman–Crippen LogP) is 4.50. The number of rotatable bonds is 0. The second kappa shape index (κ2) is 5.15. The number of nitrogens with zero attached hydrogens (tertiary/aromatic N) is 2. The molecule has 2 nitrogen and oxygen atoms in total. The molecule has 4 aromatic rings. The maximum atomic E-state index is 13.7. The van der Waals surface area contributed by atoms with Gasteiger partial charge in [-0.3, -0.25) is 9.37 Å². The monoisotopic (exact) mass is 470 g/mol. The van der Waals surface area contributed by atoms with E-state index in [1.165, 1.54) is 17.2 Å². The molecule has 0 unspecified atom stereocenters. The van der Waals surface area contributed by atoms with E-state index < -0.39 is 0 Å². The molecule has 0 atom stereocenters. The van der Waals surface area contributed by atoms with Crippen molar-refractivity contribution in [2.75, 3.05) is 0 Å². The maximum Gasteiger partial charge on any atom is 0.0610 e. The summed E-state index contributed by atoms with van der Waals surface area (Å²) in [4.78, 5) is 4.50. The van der Waals surface area contributed by atoms with Gasteiger partial charge in [0.1, 0.15) is 0 Å². The average molecular weight is 470 g/mol. The molecule has 0 bridgehead atoms. The Balaban J connectivity index is 0.00000144. The Bertz CT molecular complexity index is 1030. The number of hydrogen-bond acceptors (Lipinski definition) is 1. The van der Waals surface area contributed by atoms with Crippen LogP contribution in [0.15, 0.2) is 30.5 Å². The second-order valence-electron chi connectivity index (χ2n) is 5.64. The van der Waals surface area contributed by atoms with E-state index in [9.17, 15) is 4.39 Å². The molecule has 4 rings (SSSR count). The molecule has 4 heteroatoms. The van der Waals surface area contributed by atoms with E-state index in [1.54, 1.807) is 6.07 Å². The fourth-order valence-electron chi connectivity index (χ4n) is 3.23. The van der Waals surface area contributed by atoms with E-state index in [1.807, 2.05) is 13.1 Å². The zero-order valence-electron chi connectivity index (χ0n) is 12.5. The van der Waals surface area contributed by atoms with Gasteiger partial charge < -0.3 is 4.40 Å². The van der Waals surface area contributed by atoms with Crippen molar-refractivity contribution < 1.29 is 24.5 Å². The molecular weight excluding hydrogens is 455 g/mol. The maximum absolute atomic E-state index is 13.7. The summed E-state index contributed by atoms with van der Waals surface area (Å²) in [7, 11) is 0. The molecule has 113 valence electrons. The standard InChI is InChI=1S/C18H14FN2.Ir/c1-10-6-11(2)17-16(7-10)15-8-13(19)4-5-14(15)18-20-9-12(3)21(17)18;/h4,6-9H,1-3H3;/q-1;. The zero-order chi connectivity index (χ0) is 14.7. The molecule has 22 heavy (non-hydrogen) atoms. The SMILES string of the molecule is Cc1cc(C)c2c(c1)c1cc(F)c[c-]c1c1ncc(C)n12.[Ir]. The van der Waals surface area contributed by atoms with Crippen molar-refractivity contribution in [3.63, 3.8) is 0 Å². The van der Waals surface area contributed by atoms with Gasteiger partial charge >= 0.3 is 0 Å². The van der Waals surface area contributed by atoms with Crippen molar-refractivity contribution in [3.05, 3.63) is 59.2 Å². The number of fused-ring (bicyclic) bond motifs is 6. The molecule has 0 saturated heterocycles. The van der Waals surface area contributed by atoms with Crippen LogP contribution in [-0.2, 0) is 20.1 Å². The van der Waals surface area contributed by atoms with Crippen LogP contribution in [0.2, 0.25) is 0 Å². The number of aryl methyl sites for hydroxylation is 3. The van der Waals surface area contributed by atoms with Crippen molar-refractivity contribution in [1.82, 2.24) is 9.38 Å². The minimum Gasteiger partial charge on any atom is -0.337 e. The molecule has 0 N–H and O–H groups in total. The average Bonchev–Trinajstić information content (AvgIpc) is 2.80. The van der Waals surface area contributed by atoms with Crippen molar-refractivity contribution in [1.29, 1.82) is 0 Å². The fourth-order valence-corrected chi connectivity index (χ4v) is 3.23. The largest absolute Gasteiger partial charge is 0.337 e. The van der Waals surface area contributed by atoms with Crippen LogP contribution in [0.1, 0.15) is 16.8 Å². The molecule has 1 radical (unpaired) electrons. The third-order valence-corrected chi connectivity index (χ3v) is 4.03. The number of hydrogen-bond donors (Lipinski definition) is 0. The Morgan fingerprint density at radius 2 is 1.86 bits per heavy atom. The summed E-state index contributed by atoms with van der Waals surface area (Å²) in [6, 6.07) is 10.3. The van der Waals surface area contributed by atoms with Gasteiger partial charge in [0, 0.05) is 43.3 Å². The molecule has 0 saturated carbocycles. The summed E-state index contributed by atoms with van der Waals surface area (Å²) in [5, 5.41) is 2.78. The molecular formula is C18H14FIrN2-. The third-order valence-electron chi connectivity index (χ3n) is 4.03. The number of pyridine rings is 1. The van der Waals surface area contributed by atoms with Crippen molar-refractivity contribution in [3.8, 4) is 0 Å². The van der Waals surface area contributed by atoms with Crippen LogP contribution in [0.5, 0.6) is 0 Å². The second-order valence-corrected chi connectivity index (χ2v) is 5.64. The van der Waals surface area contributed by atoms with Gasteiger partial charge in [-0.1, -0.05) is 28.5 Å². The Hall–Kier alpha value is -1.77. The van der Waals surface area contributed by atoms with E-state index in [4.69, 9.17) is 0 Å². The number of imidazole rings is 1. The summed E-state index contributed by atoms with van der Waals surface area (Å²) in [6.07, 6.45) is 1.85. The quantitative estimate of drug-likeness (QED) is 0.274. The van der Waals surface area contributed by atoms with E-state index in [-0.39, 0.29) is 25.9 Å². The predicted molar refractivity (Wildman–Crippen MR) is 83.2 cm³/mol. The molecule has 2 aromatic heterocycles. The number of halogens is 1. The van der Waals surface area contributed by atoms with Crippen LogP contribution in [0, 0.1) is 32.7 Å². The van der Waals surface area contributed by atoms with Gasteiger partial charge in [-0.25, -0.2) is 0 Å². The van der Waals surface area contributed by atoms with E-state index in [0.29, 0.717) is 0 Å². The Kier molecular flexibility index (Phi) is 3.54. The topological polar surface area (TPSA) is 17.3 Å². The molecule has 0 aliphatic heterocycles. The van der Waals surface area contributed by atoms with Crippen LogP contribution in [0.4, 0.5) is 4.39 Å². The van der Waals surface area contributed by atoms with Gasteiger partial charge in [-0.15, -0.1) is 18.2 Å². The molecule has 0 spiro atoms. The van der Waals surface area contributed by atoms with E-state index in [2.05, 4.69) is 41.4 Å². The first-order valence-electron chi connectivity index (χ1n) is 6.94. The summed E-state index contributed by atoms with van der Waals surface area (Å²) < 4.78 is 15.9. The fraction of sp³-hybridized carbons (Fsp3) is 0.167. The summed E-state index contributed by atoms with van der Waals surface area (Å²) >= 11 is 0. The smallest absolute Gasteiger partial charge is 0.0610 e.